The average Bonchev–Trinajstić information content (AvgIpc) is 2.38. The number of primary amides is 1. The van der Waals surface area contributed by atoms with Crippen molar-refractivity contribution in [3.05, 3.63) is 63.9 Å². The van der Waals surface area contributed by atoms with Gasteiger partial charge in [-0.15, -0.1) is 0 Å². The van der Waals surface area contributed by atoms with E-state index in [1.54, 1.807) is 30.3 Å². The van der Waals surface area contributed by atoms with Crippen LogP contribution in [0.15, 0.2) is 46.9 Å². The first kappa shape index (κ1) is 13.5. The number of benzene rings is 2. The lowest BCUT2D eigenvalue weighted by Crippen LogP contribution is -2.11. The van der Waals surface area contributed by atoms with Crippen molar-refractivity contribution >= 4 is 27.5 Å². The molecule has 3 nitrogen and oxygen atoms in total. The molecule has 0 aliphatic heterocycles. The summed E-state index contributed by atoms with van der Waals surface area (Å²) >= 11 is 3.28. The number of rotatable bonds is 4. The van der Waals surface area contributed by atoms with Crippen LogP contribution in [0.5, 0.6) is 0 Å². The second-order valence-corrected chi connectivity index (χ2v) is 4.87. The van der Waals surface area contributed by atoms with Crippen LogP contribution in [0, 0.1) is 5.82 Å². The van der Waals surface area contributed by atoms with Crippen molar-refractivity contribution in [2.75, 3.05) is 5.32 Å². The zero-order chi connectivity index (χ0) is 13.8. The lowest BCUT2D eigenvalue weighted by Gasteiger charge is -2.10. The van der Waals surface area contributed by atoms with E-state index in [0.29, 0.717) is 22.3 Å². The van der Waals surface area contributed by atoms with Crippen LogP contribution in [0.3, 0.4) is 0 Å². The van der Waals surface area contributed by atoms with Crippen LogP contribution in [0.4, 0.5) is 10.1 Å². The van der Waals surface area contributed by atoms with Crippen LogP contribution in [0.25, 0.3) is 0 Å². The van der Waals surface area contributed by atoms with Crippen LogP contribution >= 0.6 is 15.9 Å². The van der Waals surface area contributed by atoms with Crippen LogP contribution < -0.4 is 11.1 Å². The number of carbonyl (C=O) groups excluding carboxylic acids is 1. The van der Waals surface area contributed by atoms with E-state index in [0.717, 1.165) is 5.56 Å². The van der Waals surface area contributed by atoms with Gasteiger partial charge in [0.15, 0.2) is 0 Å². The standard InChI is InChI=1S/C14H12BrFN2O/c15-11-5-2-6-12(16)13(11)18-8-9-3-1-4-10(7-9)14(17)19/h1-7,18H,8H2,(H2,17,19). The Kier molecular flexibility index (Phi) is 4.16. The van der Waals surface area contributed by atoms with Gasteiger partial charge >= 0.3 is 0 Å². The molecular formula is C14H12BrFN2O. The number of nitrogens with two attached hydrogens (primary N) is 1. The molecule has 0 aromatic heterocycles. The van der Waals surface area contributed by atoms with Crippen molar-refractivity contribution in [1.29, 1.82) is 0 Å². The normalized spacial score (nSPS) is 10.2. The Morgan fingerprint density at radius 2 is 2.00 bits per heavy atom. The van der Waals surface area contributed by atoms with Gasteiger partial charge in [-0.1, -0.05) is 18.2 Å². The number of hydrogen-bond acceptors (Lipinski definition) is 2. The Hall–Kier alpha value is -1.88. The minimum atomic E-state index is -0.478. The van der Waals surface area contributed by atoms with Gasteiger partial charge in [0.05, 0.1) is 5.69 Å². The predicted molar refractivity (Wildman–Crippen MR) is 76.4 cm³/mol. The third-order valence-electron chi connectivity index (χ3n) is 2.64. The molecule has 0 atom stereocenters. The highest BCUT2D eigenvalue weighted by molar-refractivity contribution is 9.10. The zero-order valence-corrected chi connectivity index (χ0v) is 11.6. The maximum Gasteiger partial charge on any atom is 0.248 e. The molecule has 3 N–H and O–H groups in total. The SMILES string of the molecule is NC(=O)c1cccc(CNc2c(F)cccc2Br)c1. The summed E-state index contributed by atoms with van der Waals surface area (Å²) in [5.41, 5.74) is 6.90. The molecule has 0 fully saturated rings. The molecule has 98 valence electrons. The molecule has 5 heteroatoms. The maximum absolute atomic E-state index is 13.6. The van der Waals surface area contributed by atoms with E-state index < -0.39 is 5.91 Å². The number of carbonyl (C=O) groups is 1. The van der Waals surface area contributed by atoms with Gasteiger partial charge in [-0.2, -0.15) is 0 Å². The molecule has 1 amide bonds. The fraction of sp³-hybridized carbons (Fsp3) is 0.0714. The number of anilines is 1. The molecule has 2 aromatic rings. The number of nitrogens with one attached hydrogen (secondary N) is 1. The quantitative estimate of drug-likeness (QED) is 0.907. The van der Waals surface area contributed by atoms with E-state index in [-0.39, 0.29) is 5.82 Å². The summed E-state index contributed by atoms with van der Waals surface area (Å²) < 4.78 is 14.2. The molecule has 0 radical (unpaired) electrons. The van der Waals surface area contributed by atoms with Crippen LogP contribution in [-0.4, -0.2) is 5.91 Å². The van der Waals surface area contributed by atoms with Gasteiger partial charge in [0.25, 0.3) is 0 Å². The Bertz CT molecular complexity index is 596. The highest BCUT2D eigenvalue weighted by atomic mass is 79.9. The smallest absolute Gasteiger partial charge is 0.248 e. The van der Waals surface area contributed by atoms with Crippen molar-refractivity contribution in [2.24, 2.45) is 5.73 Å². The first-order valence-corrected chi connectivity index (χ1v) is 6.44. The van der Waals surface area contributed by atoms with Crippen molar-refractivity contribution in [1.82, 2.24) is 0 Å². The summed E-state index contributed by atoms with van der Waals surface area (Å²) in [6.07, 6.45) is 0. The third kappa shape index (κ3) is 3.32. The highest BCUT2D eigenvalue weighted by Crippen LogP contribution is 2.25. The third-order valence-corrected chi connectivity index (χ3v) is 3.30. The monoisotopic (exact) mass is 322 g/mol. The van der Waals surface area contributed by atoms with Gasteiger partial charge in [0.1, 0.15) is 5.82 Å². The van der Waals surface area contributed by atoms with Gasteiger partial charge < -0.3 is 11.1 Å². The molecule has 0 saturated heterocycles. The fourth-order valence-electron chi connectivity index (χ4n) is 1.69. The number of hydrogen-bond donors (Lipinski definition) is 2. The van der Waals surface area contributed by atoms with Gasteiger partial charge in [-0.05, 0) is 45.8 Å². The molecule has 0 spiro atoms. The first-order valence-electron chi connectivity index (χ1n) is 5.64. The lowest BCUT2D eigenvalue weighted by molar-refractivity contribution is 0.1000. The summed E-state index contributed by atoms with van der Waals surface area (Å²) in [6, 6.07) is 11.7. The van der Waals surface area contributed by atoms with E-state index in [4.69, 9.17) is 5.73 Å². The molecule has 2 aromatic carbocycles. The van der Waals surface area contributed by atoms with Crippen molar-refractivity contribution in [3.8, 4) is 0 Å². The fourth-order valence-corrected chi connectivity index (χ4v) is 2.17. The molecular weight excluding hydrogens is 311 g/mol. The summed E-state index contributed by atoms with van der Waals surface area (Å²) in [5, 5.41) is 2.99. The molecule has 0 aliphatic rings. The Morgan fingerprint density at radius 3 is 2.68 bits per heavy atom. The van der Waals surface area contributed by atoms with E-state index in [1.807, 2.05) is 6.07 Å². The van der Waals surface area contributed by atoms with Gasteiger partial charge in [0, 0.05) is 16.6 Å². The second-order valence-electron chi connectivity index (χ2n) is 4.01. The highest BCUT2D eigenvalue weighted by Gasteiger charge is 2.06. The summed E-state index contributed by atoms with van der Waals surface area (Å²) in [7, 11) is 0. The lowest BCUT2D eigenvalue weighted by atomic mass is 10.1. The average molecular weight is 323 g/mol. The van der Waals surface area contributed by atoms with Crippen molar-refractivity contribution in [3.63, 3.8) is 0 Å². The zero-order valence-electron chi connectivity index (χ0n) is 9.99. The van der Waals surface area contributed by atoms with Gasteiger partial charge in [0.2, 0.25) is 5.91 Å². The second kappa shape index (κ2) is 5.84. The number of amides is 1. The number of para-hydroxylation sites is 1. The molecule has 0 aliphatic carbocycles. The topological polar surface area (TPSA) is 55.1 Å². The summed E-state index contributed by atoms with van der Waals surface area (Å²) in [6.45, 7) is 0.403. The van der Waals surface area contributed by atoms with Crippen LogP contribution in [-0.2, 0) is 6.54 Å². The molecule has 19 heavy (non-hydrogen) atoms. The van der Waals surface area contributed by atoms with Crippen molar-refractivity contribution in [2.45, 2.75) is 6.54 Å². The van der Waals surface area contributed by atoms with E-state index in [9.17, 15) is 9.18 Å². The van der Waals surface area contributed by atoms with Crippen LogP contribution in [0.2, 0.25) is 0 Å². The first-order chi connectivity index (χ1) is 9.08. The summed E-state index contributed by atoms with van der Waals surface area (Å²) in [4.78, 5) is 11.1. The maximum atomic E-state index is 13.6. The minimum absolute atomic E-state index is 0.333. The molecule has 0 heterocycles. The van der Waals surface area contributed by atoms with Crippen LogP contribution in [0.1, 0.15) is 15.9 Å². The largest absolute Gasteiger partial charge is 0.378 e. The predicted octanol–water partition coefficient (Wildman–Crippen LogP) is 3.30. The Morgan fingerprint density at radius 1 is 1.26 bits per heavy atom. The molecule has 0 saturated carbocycles. The van der Waals surface area contributed by atoms with Gasteiger partial charge in [-0.25, -0.2) is 4.39 Å². The van der Waals surface area contributed by atoms with E-state index in [2.05, 4.69) is 21.2 Å². The minimum Gasteiger partial charge on any atom is -0.378 e. The van der Waals surface area contributed by atoms with E-state index in [1.165, 1.54) is 6.07 Å². The molecule has 0 unspecified atom stereocenters. The Balaban J connectivity index is 2.15. The van der Waals surface area contributed by atoms with Gasteiger partial charge in [-0.3, -0.25) is 4.79 Å². The Labute approximate surface area is 118 Å². The van der Waals surface area contributed by atoms with E-state index >= 15 is 0 Å². The van der Waals surface area contributed by atoms with Crippen molar-refractivity contribution < 1.29 is 9.18 Å². The molecule has 0 bridgehead atoms. The molecule has 2 rings (SSSR count). The summed E-state index contributed by atoms with van der Waals surface area (Å²) in [5.74, 6) is -0.811. The number of halogens is 2.